The topological polar surface area (TPSA) is 41.6 Å². The number of thiophene rings is 1. The molecule has 0 radical (unpaired) electrons. The van der Waals surface area contributed by atoms with Crippen LogP contribution >= 0.6 is 27.3 Å². The van der Waals surface area contributed by atoms with Crippen LogP contribution in [-0.2, 0) is 11.2 Å². The van der Waals surface area contributed by atoms with Gasteiger partial charge >= 0.3 is 0 Å². The zero-order chi connectivity index (χ0) is 14.5. The number of nitrogens with zero attached hydrogens (tertiary/aromatic N) is 1. The number of rotatable bonds is 1. The number of carbonyl (C=O) groups excluding carboxylic acids is 1. The summed E-state index contributed by atoms with van der Waals surface area (Å²) in [5.74, 6) is -3.09. The van der Waals surface area contributed by atoms with Gasteiger partial charge in [0.15, 0.2) is 0 Å². The van der Waals surface area contributed by atoms with Crippen LogP contribution < -0.4 is 10.2 Å². The number of ether oxygens (including phenoxy) is 1. The third kappa shape index (κ3) is 2.20. The van der Waals surface area contributed by atoms with Gasteiger partial charge in [-0.25, -0.2) is 8.78 Å². The molecule has 0 aromatic carbocycles. The van der Waals surface area contributed by atoms with E-state index in [2.05, 4.69) is 21.2 Å². The van der Waals surface area contributed by atoms with Crippen LogP contribution in [0.15, 0.2) is 15.7 Å². The lowest BCUT2D eigenvalue weighted by Gasteiger charge is -2.34. The Labute approximate surface area is 126 Å². The van der Waals surface area contributed by atoms with Gasteiger partial charge in [-0.1, -0.05) is 0 Å². The van der Waals surface area contributed by atoms with Crippen LogP contribution in [0.3, 0.4) is 0 Å². The van der Waals surface area contributed by atoms with Crippen molar-refractivity contribution in [1.29, 1.82) is 0 Å². The van der Waals surface area contributed by atoms with Crippen molar-refractivity contribution in [3.05, 3.63) is 26.2 Å². The van der Waals surface area contributed by atoms with E-state index in [9.17, 15) is 13.6 Å². The highest BCUT2D eigenvalue weighted by atomic mass is 79.9. The molecule has 0 bridgehead atoms. The van der Waals surface area contributed by atoms with Crippen molar-refractivity contribution in [1.82, 2.24) is 5.32 Å². The Kier molecular flexibility index (Phi) is 3.24. The molecule has 20 heavy (non-hydrogen) atoms. The lowest BCUT2D eigenvalue weighted by molar-refractivity contribution is 0.00576. The van der Waals surface area contributed by atoms with E-state index in [-0.39, 0.29) is 18.9 Å². The van der Waals surface area contributed by atoms with Gasteiger partial charge in [0, 0.05) is 12.0 Å². The molecule has 0 aliphatic carbocycles. The monoisotopic (exact) mass is 364 g/mol. The van der Waals surface area contributed by atoms with Gasteiger partial charge in [-0.3, -0.25) is 4.79 Å². The minimum atomic E-state index is -2.81. The molecule has 0 saturated carbocycles. The molecule has 2 aliphatic heterocycles. The van der Waals surface area contributed by atoms with Crippen molar-refractivity contribution in [2.45, 2.75) is 12.3 Å². The minimum absolute atomic E-state index is 0.193. The molecule has 0 unspecified atom stereocenters. The Balaban J connectivity index is 2.13. The fourth-order valence-corrected chi connectivity index (χ4v) is 4.31. The number of alkyl halides is 2. The van der Waals surface area contributed by atoms with Crippen molar-refractivity contribution < 1.29 is 18.3 Å². The molecule has 1 aromatic heterocycles. The zero-order valence-corrected chi connectivity index (χ0v) is 12.9. The standard InChI is InChI=1S/C12H11BrF2N2O2S/c1-19-4-6-3-17-5-12(14,15)2-7-8(17)9(11(18)16-6)20-10(7)13/h4H,2-3,5H2,1H3,(H,16,18)/b6-4-. The smallest absolute Gasteiger partial charge is 0.269 e. The molecule has 0 atom stereocenters. The molecule has 3 heterocycles. The minimum Gasteiger partial charge on any atom is -0.502 e. The molecular formula is C12H11BrF2N2O2S. The van der Waals surface area contributed by atoms with Crippen molar-refractivity contribution in [2.75, 3.05) is 25.1 Å². The molecule has 3 rings (SSSR count). The van der Waals surface area contributed by atoms with Gasteiger partial charge in [-0.2, -0.15) is 0 Å². The first kappa shape index (κ1) is 13.8. The highest BCUT2D eigenvalue weighted by molar-refractivity contribution is 9.11. The van der Waals surface area contributed by atoms with Crippen LogP contribution in [0.2, 0.25) is 0 Å². The third-order valence-electron chi connectivity index (χ3n) is 3.21. The Morgan fingerprint density at radius 3 is 3.00 bits per heavy atom. The molecule has 108 valence electrons. The average Bonchev–Trinajstić information content (AvgIpc) is 2.59. The Morgan fingerprint density at radius 1 is 1.55 bits per heavy atom. The fraction of sp³-hybridized carbons (Fsp3) is 0.417. The van der Waals surface area contributed by atoms with E-state index in [0.717, 1.165) is 0 Å². The van der Waals surface area contributed by atoms with E-state index in [0.29, 0.717) is 25.6 Å². The van der Waals surface area contributed by atoms with E-state index in [1.54, 1.807) is 0 Å². The highest BCUT2D eigenvalue weighted by Gasteiger charge is 2.43. The van der Waals surface area contributed by atoms with E-state index < -0.39 is 12.5 Å². The number of hydrogen-bond acceptors (Lipinski definition) is 4. The van der Waals surface area contributed by atoms with E-state index in [4.69, 9.17) is 4.74 Å². The molecule has 8 heteroatoms. The number of nitrogens with one attached hydrogen (secondary N) is 1. The molecule has 2 aliphatic rings. The summed E-state index contributed by atoms with van der Waals surface area (Å²) >= 11 is 4.48. The second-order valence-electron chi connectivity index (χ2n) is 4.75. The summed E-state index contributed by atoms with van der Waals surface area (Å²) in [7, 11) is 1.45. The van der Waals surface area contributed by atoms with Crippen molar-refractivity contribution in [2.24, 2.45) is 0 Å². The number of amides is 1. The Bertz CT molecular complexity index is 615. The largest absolute Gasteiger partial charge is 0.502 e. The molecular weight excluding hydrogens is 354 g/mol. The summed E-state index contributed by atoms with van der Waals surface area (Å²) in [5.41, 5.74) is 1.60. The van der Waals surface area contributed by atoms with E-state index >= 15 is 0 Å². The quantitative estimate of drug-likeness (QED) is 0.779. The predicted octanol–water partition coefficient (Wildman–Crippen LogP) is 2.74. The summed E-state index contributed by atoms with van der Waals surface area (Å²) in [4.78, 5) is 14.2. The van der Waals surface area contributed by atoms with Crippen LogP contribution in [-0.4, -0.2) is 32.0 Å². The van der Waals surface area contributed by atoms with Crippen molar-refractivity contribution in [3.8, 4) is 0 Å². The van der Waals surface area contributed by atoms with Crippen LogP contribution in [0.25, 0.3) is 0 Å². The SMILES string of the molecule is CO/C=C1/CN2CC(F)(F)Cc3c(Br)sc(c32)C(=O)N1. The fourth-order valence-electron chi connectivity index (χ4n) is 2.54. The van der Waals surface area contributed by atoms with Crippen molar-refractivity contribution >= 4 is 38.9 Å². The first-order chi connectivity index (χ1) is 9.41. The van der Waals surface area contributed by atoms with E-state index in [1.807, 2.05) is 0 Å². The summed E-state index contributed by atoms with van der Waals surface area (Å²) in [5, 5.41) is 2.70. The second kappa shape index (κ2) is 4.70. The summed E-state index contributed by atoms with van der Waals surface area (Å²) in [6, 6.07) is 0. The number of carbonyl (C=O) groups is 1. The number of methoxy groups -OCH3 is 1. The average molecular weight is 365 g/mol. The molecule has 0 fully saturated rings. The maximum atomic E-state index is 13.9. The molecule has 0 spiro atoms. The molecule has 1 aromatic rings. The Morgan fingerprint density at radius 2 is 2.30 bits per heavy atom. The lowest BCUT2D eigenvalue weighted by Crippen LogP contribution is -2.43. The maximum absolute atomic E-state index is 13.9. The summed E-state index contributed by atoms with van der Waals surface area (Å²) < 4.78 is 33.2. The summed E-state index contributed by atoms with van der Waals surface area (Å²) in [6.45, 7) is -0.204. The Hall–Kier alpha value is -1.15. The van der Waals surface area contributed by atoms with Gasteiger partial charge in [0.05, 0.1) is 35.4 Å². The van der Waals surface area contributed by atoms with E-state index in [1.165, 1.54) is 29.6 Å². The number of hydrogen-bond donors (Lipinski definition) is 1. The molecule has 0 saturated heterocycles. The van der Waals surface area contributed by atoms with Gasteiger partial charge in [0.1, 0.15) is 11.1 Å². The van der Waals surface area contributed by atoms with Crippen LogP contribution in [0.5, 0.6) is 0 Å². The number of halogens is 3. The summed E-state index contributed by atoms with van der Waals surface area (Å²) in [6.07, 6.45) is 1.03. The number of anilines is 1. The van der Waals surface area contributed by atoms with Crippen LogP contribution in [0.4, 0.5) is 14.5 Å². The molecule has 1 amide bonds. The lowest BCUT2D eigenvalue weighted by atomic mass is 10.0. The predicted molar refractivity (Wildman–Crippen MR) is 75.4 cm³/mol. The van der Waals surface area contributed by atoms with Gasteiger partial charge in [0.2, 0.25) is 0 Å². The maximum Gasteiger partial charge on any atom is 0.269 e. The van der Waals surface area contributed by atoms with Crippen LogP contribution in [0.1, 0.15) is 15.2 Å². The second-order valence-corrected chi connectivity index (χ2v) is 7.09. The van der Waals surface area contributed by atoms with Crippen molar-refractivity contribution in [3.63, 3.8) is 0 Å². The van der Waals surface area contributed by atoms with Crippen LogP contribution in [0, 0.1) is 0 Å². The van der Waals surface area contributed by atoms with Gasteiger partial charge in [0.25, 0.3) is 11.8 Å². The normalized spacial score (nSPS) is 22.3. The first-order valence-corrected chi connectivity index (χ1v) is 7.49. The van der Waals surface area contributed by atoms with Gasteiger partial charge < -0.3 is 15.0 Å². The van der Waals surface area contributed by atoms with Gasteiger partial charge in [-0.05, 0) is 15.9 Å². The molecule has 4 nitrogen and oxygen atoms in total. The molecule has 1 N–H and O–H groups in total. The third-order valence-corrected chi connectivity index (χ3v) is 5.18. The van der Waals surface area contributed by atoms with Gasteiger partial charge in [-0.15, -0.1) is 11.3 Å². The first-order valence-electron chi connectivity index (χ1n) is 5.88. The zero-order valence-electron chi connectivity index (χ0n) is 10.5. The highest BCUT2D eigenvalue weighted by Crippen LogP contribution is 2.46.